The van der Waals surface area contributed by atoms with Crippen molar-refractivity contribution < 1.29 is 19.2 Å². The summed E-state index contributed by atoms with van der Waals surface area (Å²) in [5.74, 6) is -0.881. The Morgan fingerprint density at radius 2 is 2.21 bits per heavy atom. The molecule has 1 aromatic heterocycles. The summed E-state index contributed by atoms with van der Waals surface area (Å²) in [5, 5.41) is 10.8. The molecular weight excluding hydrogens is 252 g/mol. The fourth-order valence-electron chi connectivity index (χ4n) is 1.22. The molecular formula is C12H14N2O5. The summed E-state index contributed by atoms with van der Waals surface area (Å²) in [5.41, 5.74) is 0.541. The zero-order valence-corrected chi connectivity index (χ0v) is 10.7. The Morgan fingerprint density at radius 3 is 2.74 bits per heavy atom. The number of hydrogen-bond acceptors (Lipinski definition) is 6. The number of hydrogen-bond donors (Lipinski definition) is 0. The van der Waals surface area contributed by atoms with Gasteiger partial charge in [0.25, 0.3) is 5.88 Å². The smallest absolute Gasteiger partial charge is 0.356 e. The summed E-state index contributed by atoms with van der Waals surface area (Å²) < 4.78 is 9.72. The molecule has 0 aromatic carbocycles. The van der Waals surface area contributed by atoms with Gasteiger partial charge in [-0.3, -0.25) is 10.1 Å². The van der Waals surface area contributed by atoms with Gasteiger partial charge in [0.1, 0.15) is 0 Å². The number of esters is 1. The highest BCUT2D eigenvalue weighted by Crippen LogP contribution is 2.25. The number of pyridine rings is 1. The van der Waals surface area contributed by atoms with Gasteiger partial charge < -0.3 is 9.47 Å². The third kappa shape index (κ3) is 4.06. The van der Waals surface area contributed by atoms with E-state index in [9.17, 15) is 14.9 Å². The molecule has 7 heteroatoms. The van der Waals surface area contributed by atoms with Gasteiger partial charge in [0, 0.05) is 12.5 Å². The number of methoxy groups -OCH3 is 1. The summed E-state index contributed by atoms with van der Waals surface area (Å²) in [6, 6.07) is 2.38. The highest BCUT2D eigenvalue weighted by molar-refractivity contribution is 5.87. The SMILES string of the molecule is C=C(C)CCOc1nc(C(=O)OC)ccc1[N+](=O)[O-]. The lowest BCUT2D eigenvalue weighted by atomic mass is 10.3. The average Bonchev–Trinajstić information content (AvgIpc) is 2.37. The molecule has 0 N–H and O–H groups in total. The molecule has 0 unspecified atom stereocenters. The summed E-state index contributed by atoms with van der Waals surface area (Å²) in [4.78, 5) is 25.3. The van der Waals surface area contributed by atoms with Crippen LogP contribution in [0, 0.1) is 10.1 Å². The maximum Gasteiger partial charge on any atom is 0.356 e. The second-order valence-electron chi connectivity index (χ2n) is 3.83. The number of carbonyl (C=O) groups excluding carboxylic acids is 1. The minimum atomic E-state index is -0.681. The first-order valence-electron chi connectivity index (χ1n) is 5.46. The zero-order valence-electron chi connectivity index (χ0n) is 10.7. The van der Waals surface area contributed by atoms with Gasteiger partial charge in [0.05, 0.1) is 18.6 Å². The topological polar surface area (TPSA) is 91.6 Å². The van der Waals surface area contributed by atoms with E-state index >= 15 is 0 Å². The second-order valence-corrected chi connectivity index (χ2v) is 3.83. The molecule has 0 spiro atoms. The molecule has 0 bridgehead atoms. The van der Waals surface area contributed by atoms with Crippen LogP contribution in [-0.2, 0) is 4.74 Å². The van der Waals surface area contributed by atoms with Crippen LogP contribution in [0.1, 0.15) is 23.8 Å². The van der Waals surface area contributed by atoms with Crippen molar-refractivity contribution in [1.82, 2.24) is 4.98 Å². The lowest BCUT2D eigenvalue weighted by Crippen LogP contribution is -2.08. The van der Waals surface area contributed by atoms with Gasteiger partial charge in [0.15, 0.2) is 5.69 Å². The average molecular weight is 266 g/mol. The highest BCUT2D eigenvalue weighted by Gasteiger charge is 2.20. The lowest BCUT2D eigenvalue weighted by Gasteiger charge is -2.06. The van der Waals surface area contributed by atoms with Gasteiger partial charge in [-0.25, -0.2) is 9.78 Å². The van der Waals surface area contributed by atoms with Crippen molar-refractivity contribution in [1.29, 1.82) is 0 Å². The summed E-state index contributed by atoms with van der Waals surface area (Å²) in [6.07, 6.45) is 0.543. The number of nitro groups is 1. The van der Waals surface area contributed by atoms with Crippen LogP contribution in [0.15, 0.2) is 24.3 Å². The maximum atomic E-state index is 11.3. The molecule has 0 radical (unpaired) electrons. The Balaban J connectivity index is 2.98. The standard InChI is InChI=1S/C12H14N2O5/c1-8(2)6-7-19-11-10(14(16)17)5-4-9(13-11)12(15)18-3/h4-5H,1,6-7H2,2-3H3. The molecule has 0 amide bonds. The van der Waals surface area contributed by atoms with Gasteiger partial charge in [-0.05, 0) is 13.0 Å². The molecule has 19 heavy (non-hydrogen) atoms. The van der Waals surface area contributed by atoms with Crippen molar-refractivity contribution in [3.8, 4) is 5.88 Å². The number of carbonyl (C=O) groups is 1. The van der Waals surface area contributed by atoms with Crippen LogP contribution >= 0.6 is 0 Å². The van der Waals surface area contributed by atoms with E-state index in [2.05, 4.69) is 16.3 Å². The molecule has 1 rings (SSSR count). The number of aromatic nitrogens is 1. The van der Waals surface area contributed by atoms with E-state index in [1.54, 1.807) is 0 Å². The minimum absolute atomic E-state index is 0.0431. The third-order valence-corrected chi connectivity index (χ3v) is 2.20. The van der Waals surface area contributed by atoms with Gasteiger partial charge in [0.2, 0.25) is 0 Å². The molecule has 1 aromatic rings. The first-order chi connectivity index (χ1) is 8.95. The van der Waals surface area contributed by atoms with Crippen LogP contribution < -0.4 is 4.74 Å². The van der Waals surface area contributed by atoms with Crippen LogP contribution in [0.5, 0.6) is 5.88 Å². The van der Waals surface area contributed by atoms with Gasteiger partial charge >= 0.3 is 11.7 Å². The normalized spacial score (nSPS) is 9.79. The lowest BCUT2D eigenvalue weighted by molar-refractivity contribution is -0.386. The van der Waals surface area contributed by atoms with Crippen LogP contribution in [0.3, 0.4) is 0 Å². The number of ether oxygens (including phenoxy) is 2. The highest BCUT2D eigenvalue weighted by atomic mass is 16.6. The Hall–Kier alpha value is -2.44. The van der Waals surface area contributed by atoms with Crippen LogP contribution in [0.4, 0.5) is 5.69 Å². The second kappa shape index (κ2) is 6.48. The number of rotatable bonds is 6. The monoisotopic (exact) mass is 266 g/mol. The third-order valence-electron chi connectivity index (χ3n) is 2.20. The van der Waals surface area contributed by atoms with Gasteiger partial charge in [-0.2, -0.15) is 0 Å². The van der Waals surface area contributed by atoms with Gasteiger partial charge in [-0.1, -0.05) is 5.57 Å². The van der Waals surface area contributed by atoms with Crippen LogP contribution in [0.25, 0.3) is 0 Å². The minimum Gasteiger partial charge on any atom is -0.472 e. The van der Waals surface area contributed by atoms with Crippen LogP contribution in [-0.4, -0.2) is 29.6 Å². The number of nitrogens with zero attached hydrogens (tertiary/aromatic N) is 2. The van der Waals surface area contributed by atoms with E-state index in [-0.39, 0.29) is 23.9 Å². The van der Waals surface area contributed by atoms with E-state index in [0.29, 0.717) is 6.42 Å². The molecule has 1 heterocycles. The Kier molecular flexibility index (Phi) is 4.99. The predicted octanol–water partition coefficient (Wildman–Crippen LogP) is 2.12. The van der Waals surface area contributed by atoms with E-state index in [4.69, 9.17) is 4.74 Å². The van der Waals surface area contributed by atoms with Crippen molar-refractivity contribution in [2.75, 3.05) is 13.7 Å². The fourth-order valence-corrected chi connectivity index (χ4v) is 1.22. The molecule has 0 aliphatic rings. The molecule has 0 aliphatic heterocycles. The van der Waals surface area contributed by atoms with Crippen molar-refractivity contribution in [2.24, 2.45) is 0 Å². The molecule has 102 valence electrons. The van der Waals surface area contributed by atoms with Crippen molar-refractivity contribution in [2.45, 2.75) is 13.3 Å². The van der Waals surface area contributed by atoms with Crippen molar-refractivity contribution >= 4 is 11.7 Å². The van der Waals surface area contributed by atoms with Crippen LogP contribution in [0.2, 0.25) is 0 Å². The van der Waals surface area contributed by atoms with E-state index in [1.807, 2.05) is 6.92 Å². The van der Waals surface area contributed by atoms with Crippen molar-refractivity contribution in [3.63, 3.8) is 0 Å². The largest absolute Gasteiger partial charge is 0.472 e. The first-order valence-corrected chi connectivity index (χ1v) is 5.46. The molecule has 0 saturated carbocycles. The molecule has 0 saturated heterocycles. The van der Waals surface area contributed by atoms with E-state index in [1.165, 1.54) is 13.2 Å². The van der Waals surface area contributed by atoms with Gasteiger partial charge in [-0.15, -0.1) is 6.58 Å². The van der Waals surface area contributed by atoms with E-state index in [0.717, 1.165) is 11.6 Å². The predicted molar refractivity (Wildman–Crippen MR) is 67.2 cm³/mol. The quantitative estimate of drug-likeness (QED) is 0.339. The summed E-state index contributed by atoms with van der Waals surface area (Å²) in [6.45, 7) is 5.71. The zero-order chi connectivity index (χ0) is 14.4. The molecule has 0 atom stereocenters. The summed E-state index contributed by atoms with van der Waals surface area (Å²) in [7, 11) is 1.20. The van der Waals surface area contributed by atoms with Crippen molar-refractivity contribution in [3.05, 3.63) is 40.1 Å². The Labute approximate surface area is 110 Å². The molecule has 7 nitrogen and oxygen atoms in total. The first kappa shape index (κ1) is 14.6. The maximum absolute atomic E-state index is 11.3. The Morgan fingerprint density at radius 1 is 1.53 bits per heavy atom. The molecule has 0 fully saturated rings. The Bertz CT molecular complexity index is 513. The fraction of sp³-hybridized carbons (Fsp3) is 0.333. The van der Waals surface area contributed by atoms with E-state index < -0.39 is 10.9 Å². The molecule has 0 aliphatic carbocycles. The summed E-state index contributed by atoms with van der Waals surface area (Å²) >= 11 is 0.